The molecule has 0 bridgehead atoms. The summed E-state index contributed by atoms with van der Waals surface area (Å²) >= 11 is 0. The maximum atomic E-state index is 11.6. The van der Waals surface area contributed by atoms with Crippen molar-refractivity contribution in [1.82, 2.24) is 10.2 Å². The van der Waals surface area contributed by atoms with Gasteiger partial charge in [0, 0.05) is 19.7 Å². The summed E-state index contributed by atoms with van der Waals surface area (Å²) in [5.41, 5.74) is 5.63. The third-order valence-electron chi connectivity index (χ3n) is 3.00. The number of nitrogens with two attached hydrogens (primary N) is 1. The van der Waals surface area contributed by atoms with Crippen LogP contribution in [0.3, 0.4) is 0 Å². The van der Waals surface area contributed by atoms with Crippen molar-refractivity contribution in [1.29, 1.82) is 0 Å². The summed E-state index contributed by atoms with van der Waals surface area (Å²) in [6.07, 6.45) is 2.53. The Morgan fingerprint density at radius 2 is 2.19 bits per heavy atom. The van der Waals surface area contributed by atoms with E-state index in [0.29, 0.717) is 12.6 Å². The van der Waals surface area contributed by atoms with Crippen LogP contribution in [0.15, 0.2) is 0 Å². The quantitative estimate of drug-likeness (QED) is 0.613. The standard InChI is InChI=1S/C11H23N3O2/c1-14(2)10(8-4-5-8)6-13-11(15)9(12)7-16-3/h8-10H,4-7,12H2,1-3H3,(H,13,15). The van der Waals surface area contributed by atoms with Gasteiger partial charge in [0.15, 0.2) is 0 Å². The van der Waals surface area contributed by atoms with Gasteiger partial charge in [-0.2, -0.15) is 0 Å². The fourth-order valence-corrected chi connectivity index (χ4v) is 1.84. The monoisotopic (exact) mass is 229 g/mol. The van der Waals surface area contributed by atoms with Gasteiger partial charge in [-0.1, -0.05) is 0 Å². The highest BCUT2D eigenvalue weighted by atomic mass is 16.5. The third kappa shape index (κ3) is 4.08. The van der Waals surface area contributed by atoms with E-state index in [9.17, 15) is 4.79 Å². The van der Waals surface area contributed by atoms with Crippen molar-refractivity contribution in [3.8, 4) is 0 Å². The highest BCUT2D eigenvalue weighted by molar-refractivity contribution is 5.81. The van der Waals surface area contributed by atoms with Gasteiger partial charge in [-0.25, -0.2) is 0 Å². The summed E-state index contributed by atoms with van der Waals surface area (Å²) < 4.78 is 4.84. The minimum Gasteiger partial charge on any atom is -0.383 e. The Morgan fingerprint density at radius 1 is 1.56 bits per heavy atom. The molecule has 0 aliphatic heterocycles. The Morgan fingerprint density at radius 3 is 2.62 bits per heavy atom. The molecular weight excluding hydrogens is 206 g/mol. The van der Waals surface area contributed by atoms with E-state index in [1.165, 1.54) is 12.8 Å². The molecule has 0 radical (unpaired) electrons. The van der Waals surface area contributed by atoms with Crippen LogP contribution in [0, 0.1) is 5.92 Å². The molecule has 3 N–H and O–H groups in total. The molecule has 1 saturated carbocycles. The van der Waals surface area contributed by atoms with E-state index in [1.807, 2.05) is 14.1 Å². The first kappa shape index (κ1) is 13.4. The van der Waals surface area contributed by atoms with Gasteiger partial charge < -0.3 is 20.7 Å². The van der Waals surface area contributed by atoms with Crippen LogP contribution in [0.25, 0.3) is 0 Å². The number of rotatable bonds is 7. The van der Waals surface area contributed by atoms with E-state index in [2.05, 4.69) is 10.2 Å². The number of carbonyl (C=O) groups is 1. The Balaban J connectivity index is 2.28. The summed E-state index contributed by atoms with van der Waals surface area (Å²) in [5, 5.41) is 2.88. The Kier molecular flexibility index (Phi) is 5.18. The smallest absolute Gasteiger partial charge is 0.239 e. The molecule has 1 amide bonds. The Hall–Kier alpha value is -0.650. The molecule has 0 spiro atoms. The number of nitrogens with one attached hydrogen (secondary N) is 1. The van der Waals surface area contributed by atoms with Crippen LogP contribution in [0.5, 0.6) is 0 Å². The second-order valence-electron chi connectivity index (χ2n) is 4.68. The molecule has 1 rings (SSSR count). The molecule has 94 valence electrons. The zero-order chi connectivity index (χ0) is 12.1. The topological polar surface area (TPSA) is 67.6 Å². The molecule has 2 atom stereocenters. The maximum absolute atomic E-state index is 11.6. The number of hydrogen-bond donors (Lipinski definition) is 2. The van der Waals surface area contributed by atoms with Crippen molar-refractivity contribution >= 4 is 5.91 Å². The lowest BCUT2D eigenvalue weighted by Gasteiger charge is -2.25. The minimum atomic E-state index is -0.563. The average molecular weight is 229 g/mol. The van der Waals surface area contributed by atoms with Crippen LogP contribution in [0.1, 0.15) is 12.8 Å². The molecule has 0 aromatic carbocycles. The molecule has 1 fully saturated rings. The first-order chi connectivity index (χ1) is 7.56. The number of ether oxygens (including phenoxy) is 1. The van der Waals surface area contributed by atoms with Crippen molar-refractivity contribution in [2.24, 2.45) is 11.7 Å². The average Bonchev–Trinajstić information content (AvgIpc) is 3.01. The molecular formula is C11H23N3O2. The second-order valence-corrected chi connectivity index (χ2v) is 4.68. The summed E-state index contributed by atoms with van der Waals surface area (Å²) in [4.78, 5) is 13.7. The molecule has 2 unspecified atom stereocenters. The lowest BCUT2D eigenvalue weighted by molar-refractivity contribution is -0.123. The van der Waals surface area contributed by atoms with Crippen molar-refractivity contribution in [3.05, 3.63) is 0 Å². The van der Waals surface area contributed by atoms with Crippen LogP contribution in [0.2, 0.25) is 0 Å². The second kappa shape index (κ2) is 6.18. The van der Waals surface area contributed by atoms with Gasteiger partial charge in [0.05, 0.1) is 6.61 Å². The largest absolute Gasteiger partial charge is 0.383 e. The normalized spacial score (nSPS) is 19.6. The highest BCUT2D eigenvalue weighted by Gasteiger charge is 2.32. The lowest BCUT2D eigenvalue weighted by atomic mass is 10.1. The van der Waals surface area contributed by atoms with E-state index in [4.69, 9.17) is 10.5 Å². The van der Waals surface area contributed by atoms with Crippen molar-refractivity contribution in [3.63, 3.8) is 0 Å². The van der Waals surface area contributed by atoms with Crippen LogP contribution in [0.4, 0.5) is 0 Å². The fourth-order valence-electron chi connectivity index (χ4n) is 1.84. The molecule has 0 aromatic rings. The summed E-state index contributed by atoms with van der Waals surface area (Å²) in [7, 11) is 5.63. The number of amides is 1. The zero-order valence-corrected chi connectivity index (χ0v) is 10.4. The molecule has 1 aliphatic carbocycles. The molecule has 5 heteroatoms. The van der Waals surface area contributed by atoms with Crippen LogP contribution in [-0.2, 0) is 9.53 Å². The van der Waals surface area contributed by atoms with Gasteiger partial charge in [-0.3, -0.25) is 4.79 Å². The molecule has 16 heavy (non-hydrogen) atoms. The molecule has 0 saturated heterocycles. The molecule has 0 heterocycles. The predicted molar refractivity (Wildman–Crippen MR) is 63.1 cm³/mol. The SMILES string of the molecule is COCC(N)C(=O)NCC(C1CC1)N(C)C. The van der Waals surface area contributed by atoms with Gasteiger partial charge >= 0.3 is 0 Å². The van der Waals surface area contributed by atoms with Crippen molar-refractivity contribution < 1.29 is 9.53 Å². The van der Waals surface area contributed by atoms with Gasteiger partial charge in [-0.15, -0.1) is 0 Å². The number of nitrogens with zero attached hydrogens (tertiary/aromatic N) is 1. The van der Waals surface area contributed by atoms with Gasteiger partial charge in [0.2, 0.25) is 5.91 Å². The zero-order valence-electron chi connectivity index (χ0n) is 10.4. The number of likely N-dealkylation sites (N-methyl/N-ethyl adjacent to an activating group) is 1. The molecule has 5 nitrogen and oxygen atoms in total. The van der Waals surface area contributed by atoms with Crippen LogP contribution >= 0.6 is 0 Å². The summed E-state index contributed by atoms with van der Waals surface area (Å²) in [5.74, 6) is 0.600. The summed E-state index contributed by atoms with van der Waals surface area (Å²) in [6.45, 7) is 0.940. The van der Waals surface area contributed by atoms with Gasteiger partial charge in [0.25, 0.3) is 0 Å². The van der Waals surface area contributed by atoms with Crippen molar-refractivity contribution in [2.75, 3.05) is 34.4 Å². The Bertz CT molecular complexity index is 227. The van der Waals surface area contributed by atoms with E-state index in [-0.39, 0.29) is 12.5 Å². The van der Waals surface area contributed by atoms with Crippen LogP contribution in [-0.4, -0.2) is 57.2 Å². The fraction of sp³-hybridized carbons (Fsp3) is 0.909. The minimum absolute atomic E-state index is 0.130. The number of methoxy groups -OCH3 is 1. The maximum Gasteiger partial charge on any atom is 0.239 e. The van der Waals surface area contributed by atoms with E-state index in [0.717, 1.165) is 5.92 Å². The highest BCUT2D eigenvalue weighted by Crippen LogP contribution is 2.34. The van der Waals surface area contributed by atoms with Crippen LogP contribution < -0.4 is 11.1 Å². The number of hydrogen-bond acceptors (Lipinski definition) is 4. The first-order valence-electron chi connectivity index (χ1n) is 5.75. The lowest BCUT2D eigenvalue weighted by Crippen LogP contribution is -2.48. The molecule has 1 aliphatic rings. The molecule has 0 aromatic heterocycles. The van der Waals surface area contributed by atoms with Gasteiger partial charge in [-0.05, 0) is 32.9 Å². The van der Waals surface area contributed by atoms with Gasteiger partial charge in [0.1, 0.15) is 6.04 Å². The van der Waals surface area contributed by atoms with Crippen molar-refractivity contribution in [2.45, 2.75) is 24.9 Å². The first-order valence-corrected chi connectivity index (χ1v) is 5.75. The predicted octanol–water partition coefficient (Wildman–Crippen LogP) is -0.583. The van der Waals surface area contributed by atoms with E-state index >= 15 is 0 Å². The third-order valence-corrected chi connectivity index (χ3v) is 3.00. The Labute approximate surface area is 97.3 Å². The number of carbonyl (C=O) groups excluding carboxylic acids is 1. The van der Waals surface area contributed by atoms with E-state index in [1.54, 1.807) is 7.11 Å². The van der Waals surface area contributed by atoms with E-state index < -0.39 is 6.04 Å². The summed E-state index contributed by atoms with van der Waals surface area (Å²) in [6, 6.07) is -0.134.